The Morgan fingerprint density at radius 3 is 2.57 bits per heavy atom. The van der Waals surface area contributed by atoms with Crippen LogP contribution in [-0.2, 0) is 13.1 Å². The molecule has 1 aliphatic carbocycles. The van der Waals surface area contributed by atoms with Crippen LogP contribution in [-0.4, -0.2) is 99.7 Å². The first-order valence-electron chi connectivity index (χ1n) is 16.9. The summed E-state index contributed by atoms with van der Waals surface area (Å²) < 4.78 is 26.9. The predicted molar refractivity (Wildman–Crippen MR) is 179 cm³/mol. The van der Waals surface area contributed by atoms with Crippen molar-refractivity contribution >= 4 is 11.7 Å². The van der Waals surface area contributed by atoms with E-state index in [4.69, 9.17) is 9.47 Å². The summed E-state index contributed by atoms with van der Waals surface area (Å²) in [7, 11) is 4.22. The van der Waals surface area contributed by atoms with Gasteiger partial charge in [0.2, 0.25) is 0 Å². The highest BCUT2D eigenvalue weighted by Crippen LogP contribution is 2.52. The summed E-state index contributed by atoms with van der Waals surface area (Å²) in [6.45, 7) is 15.7. The molecule has 0 bridgehead atoms. The molecule has 1 spiro atoms. The number of halogens is 1. The quantitative estimate of drug-likeness (QED) is 0.254. The van der Waals surface area contributed by atoms with E-state index in [-0.39, 0.29) is 40.7 Å². The van der Waals surface area contributed by atoms with E-state index in [2.05, 4.69) is 49.0 Å². The number of aromatic nitrogens is 4. The average molecular weight is 649 g/mol. The Bertz CT molecular complexity index is 1520. The van der Waals surface area contributed by atoms with Crippen LogP contribution in [0.15, 0.2) is 36.8 Å². The number of nitrogens with zero attached hydrogens (tertiary/aromatic N) is 8. The summed E-state index contributed by atoms with van der Waals surface area (Å²) >= 11 is 0. The molecule has 0 unspecified atom stereocenters. The summed E-state index contributed by atoms with van der Waals surface area (Å²) in [4.78, 5) is 30.9. The molecule has 254 valence electrons. The van der Waals surface area contributed by atoms with E-state index in [1.807, 2.05) is 46.9 Å². The minimum absolute atomic E-state index is 0.0489. The van der Waals surface area contributed by atoms with Crippen LogP contribution in [0, 0.1) is 11.2 Å². The molecule has 6 rings (SSSR count). The van der Waals surface area contributed by atoms with E-state index in [0.29, 0.717) is 12.4 Å². The number of benzene rings is 1. The number of carbonyl (C=O) groups is 1. The van der Waals surface area contributed by atoms with Crippen molar-refractivity contribution in [3.8, 4) is 17.4 Å². The van der Waals surface area contributed by atoms with Crippen LogP contribution in [0.4, 0.5) is 10.2 Å². The van der Waals surface area contributed by atoms with Crippen molar-refractivity contribution in [3.63, 3.8) is 0 Å². The maximum absolute atomic E-state index is 14.2. The predicted octanol–water partition coefficient (Wildman–Crippen LogP) is 5.41. The van der Waals surface area contributed by atoms with Gasteiger partial charge in [-0.15, -0.1) is 10.2 Å². The number of amides is 1. The average Bonchev–Trinajstić information content (AvgIpc) is 3.44. The van der Waals surface area contributed by atoms with Gasteiger partial charge >= 0.3 is 0 Å². The summed E-state index contributed by atoms with van der Waals surface area (Å²) in [6, 6.07) is 5.90. The summed E-state index contributed by atoms with van der Waals surface area (Å²) in [5, 5.41) is 8.12. The summed E-state index contributed by atoms with van der Waals surface area (Å²) in [6.07, 6.45) is 6.47. The smallest absolute Gasteiger partial charge is 0.282 e. The Balaban J connectivity index is 0.00000213. The fourth-order valence-electron chi connectivity index (χ4n) is 6.83. The lowest BCUT2D eigenvalue weighted by molar-refractivity contribution is -0.0350. The molecule has 0 atom stereocenters. The fourth-order valence-corrected chi connectivity index (χ4v) is 6.83. The van der Waals surface area contributed by atoms with Crippen molar-refractivity contribution < 1.29 is 18.7 Å². The zero-order valence-corrected chi connectivity index (χ0v) is 28.9. The molecule has 0 N–H and O–H groups in total. The molecule has 2 fully saturated rings. The molecule has 12 heteroatoms. The topological polar surface area (TPSA) is 100 Å². The third-order valence-corrected chi connectivity index (χ3v) is 9.08. The number of carbonyl (C=O) groups excluding carboxylic acids is 1. The Morgan fingerprint density at radius 2 is 1.87 bits per heavy atom. The molecule has 1 saturated heterocycles. The second-order valence-electron chi connectivity index (χ2n) is 13.1. The minimum Gasteiger partial charge on any atom is -0.490 e. The molecular weight excluding hydrogens is 599 g/mol. The maximum atomic E-state index is 14.2. The fraction of sp³-hybridized carbons (Fsp3) is 0.571. The molecule has 1 saturated carbocycles. The molecule has 3 aliphatic rings. The highest BCUT2D eigenvalue weighted by molar-refractivity contribution is 5.97. The number of anilines is 1. The SMILES string of the molecule is CC.CCN(C(=O)c1cc(F)ccc1Oc1nncnc1N1CC2(CC(Oc3ccnc4c3CN(CCCN(C)C)C4)C2)C1)C(C)C. The van der Waals surface area contributed by atoms with Crippen molar-refractivity contribution in [2.24, 2.45) is 5.41 Å². The van der Waals surface area contributed by atoms with Gasteiger partial charge in [-0.1, -0.05) is 13.8 Å². The van der Waals surface area contributed by atoms with Crippen molar-refractivity contribution in [2.45, 2.75) is 79.1 Å². The van der Waals surface area contributed by atoms with Gasteiger partial charge in [-0.2, -0.15) is 0 Å². The Morgan fingerprint density at radius 1 is 1.11 bits per heavy atom. The Kier molecular flexibility index (Phi) is 10.9. The van der Waals surface area contributed by atoms with Gasteiger partial charge in [0.15, 0.2) is 5.82 Å². The van der Waals surface area contributed by atoms with E-state index < -0.39 is 5.82 Å². The molecule has 2 aromatic heterocycles. The first kappa shape index (κ1) is 34.4. The second kappa shape index (κ2) is 14.9. The Hall–Kier alpha value is -3.90. The molecule has 0 radical (unpaired) electrons. The molecule has 3 aromatic rings. The van der Waals surface area contributed by atoms with Crippen molar-refractivity contribution in [1.82, 2.24) is 34.9 Å². The monoisotopic (exact) mass is 648 g/mol. The first-order valence-corrected chi connectivity index (χ1v) is 16.9. The van der Waals surface area contributed by atoms with E-state index in [0.717, 1.165) is 70.0 Å². The molecule has 47 heavy (non-hydrogen) atoms. The van der Waals surface area contributed by atoms with Crippen molar-refractivity contribution in [1.29, 1.82) is 0 Å². The van der Waals surface area contributed by atoms with Gasteiger partial charge in [-0.25, -0.2) is 9.37 Å². The lowest BCUT2D eigenvalue weighted by atomic mass is 9.61. The zero-order valence-electron chi connectivity index (χ0n) is 28.9. The summed E-state index contributed by atoms with van der Waals surface area (Å²) in [5.74, 6) is 1.11. The number of hydrogen-bond acceptors (Lipinski definition) is 10. The maximum Gasteiger partial charge on any atom is 0.282 e. The van der Waals surface area contributed by atoms with Crippen LogP contribution in [0.25, 0.3) is 0 Å². The van der Waals surface area contributed by atoms with Crippen LogP contribution >= 0.6 is 0 Å². The van der Waals surface area contributed by atoms with E-state index in [9.17, 15) is 9.18 Å². The number of pyridine rings is 1. The van der Waals surface area contributed by atoms with Crippen molar-refractivity contribution in [2.75, 3.05) is 51.7 Å². The standard InChI is InChI=1S/C33H43FN8O3.C2H6/c1-6-42(22(2)3)32(43)25-14-23(34)8-9-28(25)45-31-30(36-21-37-38-31)41-19-33(20-41)15-24(16-33)44-29-10-11-35-27-18-40(17-26(27)29)13-7-12-39(4)5;1-2/h8-11,14,21-22,24H,6-7,12-13,15-20H2,1-5H3;1-2H3. The molecule has 11 nitrogen and oxygen atoms in total. The van der Waals surface area contributed by atoms with Crippen LogP contribution < -0.4 is 14.4 Å². The van der Waals surface area contributed by atoms with E-state index in [1.54, 1.807) is 4.90 Å². The van der Waals surface area contributed by atoms with Gasteiger partial charge in [0.05, 0.1) is 11.3 Å². The largest absolute Gasteiger partial charge is 0.490 e. The third kappa shape index (κ3) is 7.65. The van der Waals surface area contributed by atoms with Gasteiger partial charge in [-0.05, 0) is 84.9 Å². The molecule has 1 amide bonds. The first-order chi connectivity index (χ1) is 22.6. The molecule has 4 heterocycles. The molecular formula is C35H49FN8O3. The Labute approximate surface area is 278 Å². The second-order valence-corrected chi connectivity index (χ2v) is 13.1. The van der Waals surface area contributed by atoms with Crippen LogP contribution in [0.1, 0.15) is 75.5 Å². The van der Waals surface area contributed by atoms with E-state index >= 15 is 0 Å². The number of rotatable bonds is 12. The van der Waals surface area contributed by atoms with Gasteiger partial charge in [0.25, 0.3) is 11.8 Å². The lowest BCUT2D eigenvalue weighted by Crippen LogP contribution is -2.65. The number of hydrogen-bond donors (Lipinski definition) is 0. The van der Waals surface area contributed by atoms with Gasteiger partial charge in [-0.3, -0.25) is 14.7 Å². The highest BCUT2D eigenvalue weighted by Gasteiger charge is 2.54. The van der Waals surface area contributed by atoms with Crippen LogP contribution in [0.2, 0.25) is 0 Å². The number of ether oxygens (including phenoxy) is 2. The zero-order chi connectivity index (χ0) is 33.7. The van der Waals surface area contributed by atoms with Gasteiger partial charge in [0.1, 0.15) is 29.7 Å². The molecule has 2 aliphatic heterocycles. The highest BCUT2D eigenvalue weighted by atomic mass is 19.1. The van der Waals surface area contributed by atoms with E-state index in [1.165, 1.54) is 30.1 Å². The molecule has 1 aromatic carbocycles. The van der Waals surface area contributed by atoms with Crippen LogP contribution in [0.5, 0.6) is 17.4 Å². The third-order valence-electron chi connectivity index (χ3n) is 9.08. The minimum atomic E-state index is -0.511. The lowest BCUT2D eigenvalue weighted by Gasteiger charge is -2.58. The van der Waals surface area contributed by atoms with Crippen molar-refractivity contribution in [3.05, 3.63) is 59.4 Å². The number of fused-ring (bicyclic) bond motifs is 1. The van der Waals surface area contributed by atoms with Crippen LogP contribution in [0.3, 0.4) is 0 Å². The summed E-state index contributed by atoms with van der Waals surface area (Å²) in [5.41, 5.74) is 2.64. The van der Waals surface area contributed by atoms with Gasteiger partial charge < -0.3 is 24.2 Å². The van der Waals surface area contributed by atoms with Gasteiger partial charge in [0, 0.05) is 62.5 Å². The normalized spacial score (nSPS) is 16.8.